The molecule has 0 unspecified atom stereocenters. The molecule has 1 aromatic rings. The first-order chi connectivity index (χ1) is 9.74. The van der Waals surface area contributed by atoms with E-state index in [1.807, 2.05) is 0 Å². The summed E-state index contributed by atoms with van der Waals surface area (Å²) in [6.07, 6.45) is 4.09. The molecule has 108 valence electrons. The highest BCUT2D eigenvalue weighted by Gasteiger charge is 2.22. The third-order valence-electron chi connectivity index (χ3n) is 4.04. The molecule has 2 heterocycles. The molecule has 2 fully saturated rings. The second kappa shape index (κ2) is 5.79. The molecule has 0 spiro atoms. The fourth-order valence-electron chi connectivity index (χ4n) is 2.94. The first-order valence-electron chi connectivity index (χ1n) is 7.33. The van der Waals surface area contributed by atoms with Gasteiger partial charge in [0.25, 0.3) is 0 Å². The fraction of sp³-hybridized carbons (Fsp3) is 0.533. The Morgan fingerprint density at radius 2 is 2.10 bits per heavy atom. The van der Waals surface area contributed by atoms with Crippen LogP contribution in [-0.4, -0.2) is 31.6 Å². The predicted molar refractivity (Wildman–Crippen MR) is 77.5 cm³/mol. The van der Waals surface area contributed by atoms with Crippen molar-refractivity contribution in [2.24, 2.45) is 0 Å². The first-order valence-corrected chi connectivity index (χ1v) is 7.33. The molecule has 1 aromatic carbocycles. The maximum atomic E-state index is 14.1. The van der Waals surface area contributed by atoms with Gasteiger partial charge in [0.05, 0.1) is 11.7 Å². The molecular weight excluding hydrogens is 257 g/mol. The Bertz CT molecular complexity index is 494. The van der Waals surface area contributed by atoms with Crippen LogP contribution in [0.15, 0.2) is 18.2 Å². The van der Waals surface area contributed by atoms with Gasteiger partial charge in [-0.2, -0.15) is 0 Å². The number of amides is 1. The van der Waals surface area contributed by atoms with E-state index in [4.69, 9.17) is 0 Å². The minimum absolute atomic E-state index is 0.0733. The Morgan fingerprint density at radius 1 is 1.30 bits per heavy atom. The summed E-state index contributed by atoms with van der Waals surface area (Å²) in [5.74, 6) is -0.333. The van der Waals surface area contributed by atoms with Crippen LogP contribution < -0.4 is 15.5 Å². The number of halogens is 1. The lowest BCUT2D eigenvalue weighted by Gasteiger charge is -2.19. The summed E-state index contributed by atoms with van der Waals surface area (Å²) in [6.45, 7) is 2.70. The van der Waals surface area contributed by atoms with E-state index in [0.717, 1.165) is 45.3 Å². The highest BCUT2D eigenvalue weighted by Crippen LogP contribution is 2.26. The van der Waals surface area contributed by atoms with Crippen molar-refractivity contribution in [1.82, 2.24) is 5.32 Å². The molecule has 0 radical (unpaired) electrons. The molecule has 2 aliphatic rings. The van der Waals surface area contributed by atoms with Crippen molar-refractivity contribution < 1.29 is 9.18 Å². The quantitative estimate of drug-likeness (QED) is 0.889. The molecule has 4 nitrogen and oxygen atoms in total. The Kier molecular flexibility index (Phi) is 3.87. The molecule has 0 saturated carbocycles. The maximum absolute atomic E-state index is 14.1. The van der Waals surface area contributed by atoms with Crippen LogP contribution in [0.25, 0.3) is 0 Å². The van der Waals surface area contributed by atoms with Gasteiger partial charge in [-0.05, 0) is 50.4 Å². The number of rotatable bonds is 3. The Balaban J connectivity index is 1.68. The molecule has 1 amide bonds. The average Bonchev–Trinajstić information content (AvgIpc) is 3.12. The normalized spacial score (nSPS) is 22.2. The number of carbonyl (C=O) groups is 1. The summed E-state index contributed by atoms with van der Waals surface area (Å²) in [4.78, 5) is 14.0. The fourth-order valence-corrected chi connectivity index (χ4v) is 2.94. The highest BCUT2D eigenvalue weighted by molar-refractivity contribution is 5.95. The highest BCUT2D eigenvalue weighted by atomic mass is 19.1. The molecule has 0 aliphatic carbocycles. The van der Waals surface area contributed by atoms with Crippen LogP contribution in [0.5, 0.6) is 0 Å². The predicted octanol–water partition coefficient (Wildman–Crippen LogP) is 2.12. The Morgan fingerprint density at radius 3 is 2.75 bits per heavy atom. The lowest BCUT2D eigenvalue weighted by Crippen LogP contribution is -2.35. The van der Waals surface area contributed by atoms with E-state index in [9.17, 15) is 9.18 Å². The van der Waals surface area contributed by atoms with Gasteiger partial charge in [-0.25, -0.2) is 4.39 Å². The molecular formula is C15H20FN3O. The standard InChI is InChI=1S/C15H20FN3O/c16-12-10-11(18-15(20)13-4-3-7-17-13)5-6-14(12)19-8-1-2-9-19/h5-6,10,13,17H,1-4,7-9H2,(H,18,20)/t13-/m1/s1. The monoisotopic (exact) mass is 277 g/mol. The van der Waals surface area contributed by atoms with E-state index in [2.05, 4.69) is 15.5 Å². The summed E-state index contributed by atoms with van der Waals surface area (Å²) < 4.78 is 14.1. The van der Waals surface area contributed by atoms with E-state index in [1.54, 1.807) is 12.1 Å². The van der Waals surface area contributed by atoms with Crippen molar-refractivity contribution in [1.29, 1.82) is 0 Å². The van der Waals surface area contributed by atoms with Crippen LogP contribution in [0.4, 0.5) is 15.8 Å². The molecule has 20 heavy (non-hydrogen) atoms. The topological polar surface area (TPSA) is 44.4 Å². The van der Waals surface area contributed by atoms with E-state index in [-0.39, 0.29) is 17.8 Å². The van der Waals surface area contributed by atoms with Crippen molar-refractivity contribution >= 4 is 17.3 Å². The summed E-state index contributed by atoms with van der Waals surface area (Å²) in [5, 5.41) is 5.92. The Hall–Kier alpha value is -1.62. The third kappa shape index (κ3) is 2.77. The maximum Gasteiger partial charge on any atom is 0.241 e. The van der Waals surface area contributed by atoms with E-state index < -0.39 is 0 Å². The minimum atomic E-state index is -0.260. The number of nitrogens with one attached hydrogen (secondary N) is 2. The summed E-state index contributed by atoms with van der Waals surface area (Å²) >= 11 is 0. The number of hydrogen-bond donors (Lipinski definition) is 2. The number of nitrogens with zero attached hydrogens (tertiary/aromatic N) is 1. The van der Waals surface area contributed by atoms with Gasteiger partial charge in [-0.3, -0.25) is 4.79 Å². The number of carbonyl (C=O) groups excluding carboxylic acids is 1. The molecule has 2 N–H and O–H groups in total. The van der Waals surface area contributed by atoms with Crippen LogP contribution in [0.2, 0.25) is 0 Å². The summed E-state index contributed by atoms with van der Waals surface area (Å²) in [6, 6.07) is 4.82. The summed E-state index contributed by atoms with van der Waals surface area (Å²) in [7, 11) is 0. The minimum Gasteiger partial charge on any atom is -0.369 e. The molecule has 0 bridgehead atoms. The second-order valence-electron chi connectivity index (χ2n) is 5.50. The van der Waals surface area contributed by atoms with Crippen LogP contribution in [-0.2, 0) is 4.79 Å². The van der Waals surface area contributed by atoms with Crippen LogP contribution in [0, 0.1) is 5.82 Å². The molecule has 3 rings (SSSR count). The third-order valence-corrected chi connectivity index (χ3v) is 4.04. The number of anilines is 2. The van der Waals surface area contributed by atoms with Crippen LogP contribution in [0.3, 0.4) is 0 Å². The SMILES string of the molecule is O=C(Nc1ccc(N2CCCC2)c(F)c1)[C@H]1CCCN1. The first kappa shape index (κ1) is 13.4. The number of benzene rings is 1. The molecule has 0 aromatic heterocycles. The van der Waals surface area contributed by atoms with Crippen molar-refractivity contribution in [2.75, 3.05) is 29.9 Å². The van der Waals surface area contributed by atoms with Crippen molar-refractivity contribution in [2.45, 2.75) is 31.7 Å². The van der Waals surface area contributed by atoms with Gasteiger partial charge in [0.15, 0.2) is 0 Å². The van der Waals surface area contributed by atoms with Gasteiger partial charge in [0.1, 0.15) is 5.82 Å². The lowest BCUT2D eigenvalue weighted by molar-refractivity contribution is -0.117. The van der Waals surface area contributed by atoms with Gasteiger partial charge < -0.3 is 15.5 Å². The zero-order valence-electron chi connectivity index (χ0n) is 11.5. The van der Waals surface area contributed by atoms with Crippen molar-refractivity contribution in [3.8, 4) is 0 Å². The van der Waals surface area contributed by atoms with Crippen molar-refractivity contribution in [3.05, 3.63) is 24.0 Å². The summed E-state index contributed by atoms with van der Waals surface area (Å²) in [5.41, 5.74) is 1.17. The van der Waals surface area contributed by atoms with Crippen LogP contribution >= 0.6 is 0 Å². The molecule has 1 atom stereocenters. The van der Waals surface area contributed by atoms with E-state index in [1.165, 1.54) is 6.07 Å². The molecule has 2 saturated heterocycles. The van der Waals surface area contributed by atoms with Gasteiger partial charge in [-0.1, -0.05) is 0 Å². The van der Waals surface area contributed by atoms with Gasteiger partial charge in [0, 0.05) is 18.8 Å². The van der Waals surface area contributed by atoms with Crippen LogP contribution in [0.1, 0.15) is 25.7 Å². The zero-order valence-corrected chi connectivity index (χ0v) is 11.5. The second-order valence-corrected chi connectivity index (χ2v) is 5.50. The van der Waals surface area contributed by atoms with E-state index in [0.29, 0.717) is 11.4 Å². The molecule has 5 heteroatoms. The average molecular weight is 277 g/mol. The Labute approximate surface area is 118 Å². The number of hydrogen-bond acceptors (Lipinski definition) is 3. The van der Waals surface area contributed by atoms with Gasteiger partial charge in [-0.15, -0.1) is 0 Å². The van der Waals surface area contributed by atoms with Gasteiger partial charge >= 0.3 is 0 Å². The zero-order chi connectivity index (χ0) is 13.9. The van der Waals surface area contributed by atoms with Crippen molar-refractivity contribution in [3.63, 3.8) is 0 Å². The van der Waals surface area contributed by atoms with E-state index >= 15 is 0 Å². The smallest absolute Gasteiger partial charge is 0.241 e. The lowest BCUT2D eigenvalue weighted by atomic mass is 10.2. The molecule has 2 aliphatic heterocycles. The largest absolute Gasteiger partial charge is 0.369 e. The van der Waals surface area contributed by atoms with Gasteiger partial charge in [0.2, 0.25) is 5.91 Å².